The molecule has 2 aliphatic rings. The Bertz CT molecular complexity index is 231. The molecule has 0 spiro atoms. The Balaban J connectivity index is 2.19. The van der Waals surface area contributed by atoms with Crippen LogP contribution in [0.25, 0.3) is 0 Å². The molecule has 0 N–H and O–H groups in total. The molecule has 0 bridgehead atoms. The van der Waals surface area contributed by atoms with Gasteiger partial charge in [-0.3, -0.25) is 4.79 Å². The van der Waals surface area contributed by atoms with Gasteiger partial charge in [-0.2, -0.15) is 0 Å². The maximum atomic E-state index is 11.4. The Morgan fingerprint density at radius 2 is 1.77 bits per heavy atom. The maximum Gasteiger partial charge on any atom is 0.314 e. The topological polar surface area (TPSA) is 26.3 Å². The number of carbonyl (C=O) groups is 1. The molecule has 1 heterocycles. The molecule has 1 aliphatic carbocycles. The molecule has 2 nitrogen and oxygen atoms in total. The molecule has 1 aliphatic heterocycles. The standard InChI is InChI=1S/C11H16O2/c1-6-4-9-8(3)13-11(12)10(9)5-7(6)2/h6-7,9-10H,3-5H2,1-2H3. The van der Waals surface area contributed by atoms with Crippen molar-refractivity contribution in [1.82, 2.24) is 0 Å². The summed E-state index contributed by atoms with van der Waals surface area (Å²) in [6.07, 6.45) is 2.04. The SMILES string of the molecule is C=C1OC(=O)C2CC(C)C(C)CC12. The molecular formula is C11H16O2. The number of allylic oxidation sites excluding steroid dienone is 1. The van der Waals surface area contributed by atoms with Crippen LogP contribution in [0.1, 0.15) is 26.7 Å². The zero-order valence-corrected chi connectivity index (χ0v) is 8.25. The minimum Gasteiger partial charge on any atom is -0.431 e. The number of cyclic esters (lactones) is 1. The van der Waals surface area contributed by atoms with Crippen LogP contribution in [0, 0.1) is 23.7 Å². The summed E-state index contributed by atoms with van der Waals surface area (Å²) < 4.78 is 5.07. The monoisotopic (exact) mass is 180 g/mol. The largest absolute Gasteiger partial charge is 0.431 e. The first kappa shape index (κ1) is 8.79. The number of hydrogen-bond acceptors (Lipinski definition) is 2. The number of esters is 1. The highest BCUT2D eigenvalue weighted by molar-refractivity contribution is 5.77. The third-order valence-corrected chi connectivity index (χ3v) is 3.66. The van der Waals surface area contributed by atoms with Gasteiger partial charge < -0.3 is 4.74 Å². The fourth-order valence-corrected chi connectivity index (χ4v) is 2.49. The predicted molar refractivity (Wildman–Crippen MR) is 49.8 cm³/mol. The first-order valence-electron chi connectivity index (χ1n) is 5.00. The lowest BCUT2D eigenvalue weighted by atomic mass is 9.70. The van der Waals surface area contributed by atoms with E-state index in [0.29, 0.717) is 23.5 Å². The molecule has 0 radical (unpaired) electrons. The van der Waals surface area contributed by atoms with Crippen LogP contribution in [0.3, 0.4) is 0 Å². The van der Waals surface area contributed by atoms with Crippen molar-refractivity contribution in [3.63, 3.8) is 0 Å². The highest BCUT2D eigenvalue weighted by Crippen LogP contribution is 2.45. The van der Waals surface area contributed by atoms with E-state index in [2.05, 4.69) is 20.4 Å². The van der Waals surface area contributed by atoms with Crippen molar-refractivity contribution in [2.45, 2.75) is 26.7 Å². The molecule has 13 heavy (non-hydrogen) atoms. The summed E-state index contributed by atoms with van der Waals surface area (Å²) in [5.74, 6) is 2.40. The second-order valence-electron chi connectivity index (χ2n) is 4.53. The van der Waals surface area contributed by atoms with Gasteiger partial charge >= 0.3 is 5.97 Å². The maximum absolute atomic E-state index is 11.4. The van der Waals surface area contributed by atoms with E-state index in [-0.39, 0.29) is 11.9 Å². The van der Waals surface area contributed by atoms with Gasteiger partial charge in [-0.15, -0.1) is 0 Å². The third-order valence-electron chi connectivity index (χ3n) is 3.66. The first-order valence-corrected chi connectivity index (χ1v) is 5.00. The van der Waals surface area contributed by atoms with Crippen LogP contribution >= 0.6 is 0 Å². The number of fused-ring (bicyclic) bond motifs is 1. The quantitative estimate of drug-likeness (QED) is 0.535. The Morgan fingerprint density at radius 1 is 1.23 bits per heavy atom. The van der Waals surface area contributed by atoms with Gasteiger partial charge in [-0.25, -0.2) is 0 Å². The van der Waals surface area contributed by atoms with Gasteiger partial charge in [0.1, 0.15) is 5.76 Å². The molecule has 2 rings (SSSR count). The van der Waals surface area contributed by atoms with E-state index in [4.69, 9.17) is 4.74 Å². The van der Waals surface area contributed by atoms with E-state index in [1.165, 1.54) is 0 Å². The van der Waals surface area contributed by atoms with E-state index < -0.39 is 0 Å². The molecule has 1 saturated carbocycles. The summed E-state index contributed by atoms with van der Waals surface area (Å²) in [6, 6.07) is 0. The highest BCUT2D eigenvalue weighted by Gasteiger charge is 2.45. The van der Waals surface area contributed by atoms with Crippen molar-refractivity contribution < 1.29 is 9.53 Å². The van der Waals surface area contributed by atoms with E-state index in [1.54, 1.807) is 0 Å². The van der Waals surface area contributed by atoms with Gasteiger partial charge in [0.05, 0.1) is 5.92 Å². The fourth-order valence-electron chi connectivity index (χ4n) is 2.49. The fraction of sp³-hybridized carbons (Fsp3) is 0.727. The molecule has 0 amide bonds. The van der Waals surface area contributed by atoms with Gasteiger partial charge in [0, 0.05) is 5.92 Å². The lowest BCUT2D eigenvalue weighted by molar-refractivity contribution is -0.140. The summed E-state index contributed by atoms with van der Waals surface area (Å²) in [7, 11) is 0. The average Bonchev–Trinajstić information content (AvgIpc) is 2.31. The van der Waals surface area contributed by atoms with Crippen LogP contribution in [-0.4, -0.2) is 5.97 Å². The summed E-state index contributed by atoms with van der Waals surface area (Å²) in [4.78, 5) is 11.4. The molecule has 4 unspecified atom stereocenters. The molecule has 1 saturated heterocycles. The smallest absolute Gasteiger partial charge is 0.314 e. The summed E-state index contributed by atoms with van der Waals surface area (Å²) >= 11 is 0. The van der Waals surface area contributed by atoms with Crippen LogP contribution in [0.4, 0.5) is 0 Å². The number of rotatable bonds is 0. The number of carbonyl (C=O) groups excluding carboxylic acids is 1. The second kappa shape index (κ2) is 2.86. The normalized spacial score (nSPS) is 44.5. The number of hydrogen-bond donors (Lipinski definition) is 0. The average molecular weight is 180 g/mol. The molecule has 2 fully saturated rings. The Kier molecular flexibility index (Phi) is 1.94. The minimum atomic E-state index is -0.0475. The zero-order valence-electron chi connectivity index (χ0n) is 8.25. The van der Waals surface area contributed by atoms with Gasteiger partial charge in [0.15, 0.2) is 0 Å². The molecule has 2 heteroatoms. The lowest BCUT2D eigenvalue weighted by Gasteiger charge is -2.32. The molecule has 4 atom stereocenters. The molecule has 72 valence electrons. The van der Waals surface area contributed by atoms with Gasteiger partial charge in [0.2, 0.25) is 0 Å². The zero-order chi connectivity index (χ0) is 9.59. The van der Waals surface area contributed by atoms with Crippen LogP contribution in [0.2, 0.25) is 0 Å². The van der Waals surface area contributed by atoms with E-state index >= 15 is 0 Å². The van der Waals surface area contributed by atoms with Crippen LogP contribution in [0.15, 0.2) is 12.3 Å². The summed E-state index contributed by atoms with van der Waals surface area (Å²) in [6.45, 7) is 8.27. The van der Waals surface area contributed by atoms with Crippen molar-refractivity contribution in [1.29, 1.82) is 0 Å². The summed E-state index contributed by atoms with van der Waals surface area (Å²) in [5.41, 5.74) is 0. The van der Waals surface area contributed by atoms with Crippen molar-refractivity contribution in [3.05, 3.63) is 12.3 Å². The van der Waals surface area contributed by atoms with Crippen molar-refractivity contribution in [3.8, 4) is 0 Å². The van der Waals surface area contributed by atoms with E-state index in [0.717, 1.165) is 12.8 Å². The number of ether oxygens (including phenoxy) is 1. The third kappa shape index (κ3) is 1.28. The molecule has 0 aromatic heterocycles. The molecular weight excluding hydrogens is 164 g/mol. The van der Waals surface area contributed by atoms with Gasteiger partial charge in [0.25, 0.3) is 0 Å². The van der Waals surface area contributed by atoms with Crippen LogP contribution < -0.4 is 0 Å². The van der Waals surface area contributed by atoms with Crippen molar-refractivity contribution in [2.24, 2.45) is 23.7 Å². The predicted octanol–water partition coefficient (Wildman–Crippen LogP) is 2.36. The van der Waals surface area contributed by atoms with E-state index in [9.17, 15) is 4.79 Å². The van der Waals surface area contributed by atoms with Crippen LogP contribution in [0.5, 0.6) is 0 Å². The van der Waals surface area contributed by atoms with Crippen LogP contribution in [-0.2, 0) is 9.53 Å². The first-order chi connectivity index (χ1) is 6.09. The lowest BCUT2D eigenvalue weighted by Crippen LogP contribution is -2.29. The Morgan fingerprint density at radius 3 is 2.38 bits per heavy atom. The summed E-state index contributed by atoms with van der Waals surface area (Å²) in [5, 5.41) is 0. The Hall–Kier alpha value is -0.790. The van der Waals surface area contributed by atoms with Gasteiger partial charge in [-0.05, 0) is 24.7 Å². The van der Waals surface area contributed by atoms with Gasteiger partial charge in [-0.1, -0.05) is 20.4 Å². The Labute approximate surface area is 79.0 Å². The van der Waals surface area contributed by atoms with Crippen molar-refractivity contribution in [2.75, 3.05) is 0 Å². The minimum absolute atomic E-state index is 0.0475. The highest BCUT2D eigenvalue weighted by atomic mass is 16.5. The molecule has 0 aromatic carbocycles. The second-order valence-corrected chi connectivity index (χ2v) is 4.53. The molecule has 0 aromatic rings. The van der Waals surface area contributed by atoms with Crippen molar-refractivity contribution >= 4 is 5.97 Å². The van der Waals surface area contributed by atoms with E-state index in [1.807, 2.05) is 0 Å².